The number of unbranched alkanes of at least 4 members (excludes halogenated alkanes) is 36. The summed E-state index contributed by atoms with van der Waals surface area (Å²) in [5, 5.41) is 76.0. The van der Waals surface area contributed by atoms with Crippen molar-refractivity contribution in [2.45, 2.75) is 326 Å². The van der Waals surface area contributed by atoms with E-state index in [0.717, 1.165) is 38.5 Å². The van der Waals surface area contributed by atoms with Gasteiger partial charge in [0.15, 0.2) is 6.29 Å². The van der Waals surface area contributed by atoms with Gasteiger partial charge in [-0.2, -0.15) is 0 Å². The zero-order valence-electron chi connectivity index (χ0n) is 42.2. The van der Waals surface area contributed by atoms with Gasteiger partial charge in [0, 0.05) is 0 Å². The number of amides is 1. The number of hydrogen-bond donors (Lipinski definition) is 8. The van der Waals surface area contributed by atoms with E-state index in [9.17, 15) is 40.5 Å². The number of hydrogen-bond acceptors (Lipinski definition) is 10. The van der Waals surface area contributed by atoms with Crippen molar-refractivity contribution in [3.05, 3.63) is 0 Å². The maximum atomic E-state index is 13.1. The first kappa shape index (κ1) is 62.1. The maximum Gasteiger partial charge on any atom is 0.249 e. The largest absolute Gasteiger partial charge is 0.394 e. The molecule has 0 aromatic heterocycles. The fourth-order valence-electron chi connectivity index (χ4n) is 9.33. The van der Waals surface area contributed by atoms with E-state index in [1.807, 2.05) is 0 Å². The number of ether oxygens (including phenoxy) is 2. The van der Waals surface area contributed by atoms with Gasteiger partial charge in [0.2, 0.25) is 5.91 Å². The lowest BCUT2D eigenvalue weighted by Crippen LogP contribution is -2.60. The lowest BCUT2D eigenvalue weighted by molar-refractivity contribution is -0.303. The van der Waals surface area contributed by atoms with Crippen molar-refractivity contribution < 1.29 is 50.0 Å². The smallest absolute Gasteiger partial charge is 0.249 e. The molecule has 388 valence electrons. The summed E-state index contributed by atoms with van der Waals surface area (Å²) in [6.07, 6.45) is 37.3. The van der Waals surface area contributed by atoms with Gasteiger partial charge in [-0.3, -0.25) is 4.79 Å². The van der Waals surface area contributed by atoms with Gasteiger partial charge in [-0.1, -0.05) is 258 Å². The molecular formula is C54H107NO10. The van der Waals surface area contributed by atoms with Gasteiger partial charge in [-0.05, 0) is 12.8 Å². The van der Waals surface area contributed by atoms with Crippen LogP contribution in [0.15, 0.2) is 0 Å². The van der Waals surface area contributed by atoms with Crippen molar-refractivity contribution in [1.29, 1.82) is 0 Å². The van der Waals surface area contributed by atoms with Gasteiger partial charge >= 0.3 is 0 Å². The van der Waals surface area contributed by atoms with Crippen molar-refractivity contribution in [2.24, 2.45) is 0 Å². The second-order valence-corrected chi connectivity index (χ2v) is 20.0. The predicted octanol–water partition coefficient (Wildman–Crippen LogP) is 11.0. The molecule has 9 atom stereocenters. The van der Waals surface area contributed by atoms with Crippen molar-refractivity contribution in [2.75, 3.05) is 13.2 Å². The van der Waals surface area contributed by atoms with Gasteiger partial charge in [0.1, 0.15) is 36.6 Å². The molecule has 0 radical (unpaired) electrons. The van der Waals surface area contributed by atoms with Crippen LogP contribution < -0.4 is 5.32 Å². The Kier molecular flexibility index (Phi) is 42.4. The number of carbonyl (C=O) groups is 1. The van der Waals surface area contributed by atoms with Crippen LogP contribution in [0.2, 0.25) is 0 Å². The van der Waals surface area contributed by atoms with E-state index >= 15 is 0 Å². The molecule has 1 fully saturated rings. The summed E-state index contributed by atoms with van der Waals surface area (Å²) in [5.41, 5.74) is 0. The molecule has 1 amide bonds. The van der Waals surface area contributed by atoms with Gasteiger partial charge < -0.3 is 50.5 Å². The molecule has 0 spiro atoms. The van der Waals surface area contributed by atoms with E-state index in [1.165, 1.54) is 193 Å². The molecule has 0 aliphatic carbocycles. The fraction of sp³-hybridized carbons (Fsp3) is 0.981. The van der Waals surface area contributed by atoms with Crippen LogP contribution >= 0.6 is 0 Å². The Morgan fingerprint density at radius 1 is 0.477 bits per heavy atom. The molecule has 1 aliphatic rings. The highest BCUT2D eigenvalue weighted by Crippen LogP contribution is 2.23. The molecule has 0 aromatic carbocycles. The van der Waals surface area contributed by atoms with Crippen molar-refractivity contribution in [3.63, 3.8) is 0 Å². The van der Waals surface area contributed by atoms with E-state index in [-0.39, 0.29) is 6.42 Å². The average molecular weight is 930 g/mol. The number of carbonyl (C=O) groups excluding carboxylic acids is 1. The van der Waals surface area contributed by atoms with Crippen LogP contribution in [0.5, 0.6) is 0 Å². The van der Waals surface area contributed by atoms with Crippen LogP contribution in [0.1, 0.15) is 271 Å². The highest BCUT2D eigenvalue weighted by molar-refractivity contribution is 5.80. The standard InChI is InChI=1S/C54H107NO10/c1-3-5-7-9-11-13-15-17-19-20-21-22-23-24-25-26-27-28-30-31-33-35-37-39-41-46(57)49(59)45(44-64-54-52(62)51(61)50(60)48(43-56)65-54)55-53(63)47(58)42-40-38-36-34-32-29-18-16-14-12-10-8-6-4-2/h45-52,54,56-62H,3-44H2,1-2H3,(H,55,63). The van der Waals surface area contributed by atoms with Crippen LogP contribution in [0.3, 0.4) is 0 Å². The summed E-state index contributed by atoms with van der Waals surface area (Å²) in [6.45, 7) is 3.48. The molecule has 0 bridgehead atoms. The minimum atomic E-state index is -1.66. The molecule has 8 N–H and O–H groups in total. The highest BCUT2D eigenvalue weighted by Gasteiger charge is 2.44. The molecule has 1 saturated heterocycles. The molecule has 11 heteroatoms. The molecule has 1 aliphatic heterocycles. The summed E-state index contributed by atoms with van der Waals surface area (Å²) < 4.78 is 11.1. The average Bonchev–Trinajstić information content (AvgIpc) is 3.31. The number of aliphatic hydroxyl groups excluding tert-OH is 7. The monoisotopic (exact) mass is 930 g/mol. The first-order chi connectivity index (χ1) is 31.7. The molecule has 1 heterocycles. The zero-order chi connectivity index (χ0) is 47.6. The van der Waals surface area contributed by atoms with Gasteiger partial charge in [-0.15, -0.1) is 0 Å². The Balaban J connectivity index is 2.30. The number of nitrogens with one attached hydrogen (secondary N) is 1. The Bertz CT molecular complexity index is 1020. The van der Waals surface area contributed by atoms with Gasteiger partial charge in [0.05, 0.1) is 25.4 Å². The van der Waals surface area contributed by atoms with Crippen LogP contribution in [-0.2, 0) is 14.3 Å². The third-order valence-corrected chi connectivity index (χ3v) is 13.9. The molecule has 0 aromatic rings. The molecule has 65 heavy (non-hydrogen) atoms. The first-order valence-electron chi connectivity index (χ1n) is 27.9. The molecule has 0 saturated carbocycles. The summed E-state index contributed by atoms with van der Waals surface area (Å²) in [6, 6.07) is -1.16. The van der Waals surface area contributed by atoms with Crippen molar-refractivity contribution >= 4 is 5.91 Å². The van der Waals surface area contributed by atoms with Crippen LogP contribution in [0.25, 0.3) is 0 Å². The van der Waals surface area contributed by atoms with E-state index in [4.69, 9.17) is 9.47 Å². The SMILES string of the molecule is CCCCCCCCCCCCCCCCCCCCCCCCCCC(O)C(O)C(COC1OC(CO)C(O)C(O)C1O)NC(=O)C(O)CCCCCCCCCCCCCCCC. The Labute approximate surface area is 399 Å². The Hall–Kier alpha value is -0.890. The third-order valence-electron chi connectivity index (χ3n) is 13.9. The van der Waals surface area contributed by atoms with E-state index in [1.54, 1.807) is 0 Å². The second-order valence-electron chi connectivity index (χ2n) is 20.0. The van der Waals surface area contributed by atoms with Crippen molar-refractivity contribution in [1.82, 2.24) is 5.32 Å². The normalized spacial score (nSPS) is 20.8. The molecule has 1 rings (SSSR count). The van der Waals surface area contributed by atoms with Gasteiger partial charge in [-0.25, -0.2) is 0 Å². The lowest BCUT2D eigenvalue weighted by atomic mass is 9.98. The Morgan fingerprint density at radius 2 is 0.800 bits per heavy atom. The van der Waals surface area contributed by atoms with E-state index in [0.29, 0.717) is 19.3 Å². The fourth-order valence-corrected chi connectivity index (χ4v) is 9.33. The molecule has 9 unspecified atom stereocenters. The van der Waals surface area contributed by atoms with Crippen LogP contribution in [0.4, 0.5) is 0 Å². The minimum absolute atomic E-state index is 0.266. The predicted molar refractivity (Wildman–Crippen MR) is 266 cm³/mol. The quantitative estimate of drug-likeness (QED) is 0.0273. The third kappa shape index (κ3) is 33.3. The maximum absolute atomic E-state index is 13.1. The number of rotatable bonds is 48. The Morgan fingerprint density at radius 3 is 1.14 bits per heavy atom. The van der Waals surface area contributed by atoms with E-state index in [2.05, 4.69) is 19.2 Å². The summed E-state index contributed by atoms with van der Waals surface area (Å²) in [4.78, 5) is 13.1. The van der Waals surface area contributed by atoms with Crippen molar-refractivity contribution in [3.8, 4) is 0 Å². The molecule has 11 nitrogen and oxygen atoms in total. The number of aliphatic hydroxyl groups is 7. The summed E-state index contributed by atoms with van der Waals surface area (Å²) in [5.74, 6) is -0.692. The lowest BCUT2D eigenvalue weighted by Gasteiger charge is -2.40. The van der Waals surface area contributed by atoms with E-state index < -0.39 is 74.2 Å². The zero-order valence-corrected chi connectivity index (χ0v) is 42.2. The summed E-state index contributed by atoms with van der Waals surface area (Å²) in [7, 11) is 0. The summed E-state index contributed by atoms with van der Waals surface area (Å²) >= 11 is 0. The van der Waals surface area contributed by atoms with Crippen LogP contribution in [0, 0.1) is 0 Å². The second kappa shape index (κ2) is 44.3. The highest BCUT2D eigenvalue weighted by atomic mass is 16.7. The van der Waals surface area contributed by atoms with Crippen LogP contribution in [-0.4, -0.2) is 110 Å². The minimum Gasteiger partial charge on any atom is -0.394 e. The topological polar surface area (TPSA) is 189 Å². The van der Waals surface area contributed by atoms with Gasteiger partial charge in [0.25, 0.3) is 0 Å². The first-order valence-corrected chi connectivity index (χ1v) is 27.9. The molecular weight excluding hydrogens is 823 g/mol.